The van der Waals surface area contributed by atoms with Gasteiger partial charge in [0.05, 0.1) is 28.3 Å². The molecule has 5 rings (SSSR count). The maximum Gasteiger partial charge on any atom is 0.267 e. The number of imidazole rings is 1. The molecule has 2 amide bonds. The van der Waals surface area contributed by atoms with Gasteiger partial charge in [0.15, 0.2) is 5.65 Å². The molecule has 10 nitrogen and oxygen atoms in total. The van der Waals surface area contributed by atoms with Gasteiger partial charge in [0, 0.05) is 30.9 Å². The van der Waals surface area contributed by atoms with E-state index in [0.717, 1.165) is 0 Å². The summed E-state index contributed by atoms with van der Waals surface area (Å²) in [5, 5.41) is 6.03. The highest BCUT2D eigenvalue weighted by atomic mass is 16.2. The third kappa shape index (κ3) is 5.46. The topological polar surface area (TPSA) is 123 Å². The normalized spacial score (nSPS) is 11.5. The zero-order valence-electron chi connectivity index (χ0n) is 22.6. The monoisotopic (exact) mass is 545 g/mol. The zero-order valence-corrected chi connectivity index (χ0v) is 22.6. The Morgan fingerprint density at radius 3 is 2.71 bits per heavy atom. The summed E-state index contributed by atoms with van der Waals surface area (Å²) in [4.78, 5) is 52.4. The highest BCUT2D eigenvalue weighted by molar-refractivity contribution is 6.01. The molecule has 0 fully saturated rings. The second kappa shape index (κ2) is 11.7. The fourth-order valence-electron chi connectivity index (χ4n) is 4.52. The standard InChI is InChI=1S/C31H27N7O3/c1-4-25(39)32-16-9-8-11-22-12-10-15-24-27(22)31(41)38(23-13-6-5-7-14-23)28(36-24)21(3)35-30(40)26-20(2)34-19-37-18-17-33-29(26)37/h4-7,10,12-15,17-19,21H,1,9,16H2,2-3H3,(H,32,39)(H,35,40)/t21-/m1/s1. The quantitative estimate of drug-likeness (QED) is 0.184. The van der Waals surface area contributed by atoms with Gasteiger partial charge in [-0.15, -0.1) is 0 Å². The molecular weight excluding hydrogens is 518 g/mol. The van der Waals surface area contributed by atoms with Gasteiger partial charge in [-0.3, -0.25) is 23.4 Å². The molecule has 1 atom stereocenters. The molecule has 0 spiro atoms. The van der Waals surface area contributed by atoms with E-state index in [-0.39, 0.29) is 17.4 Å². The first-order valence-corrected chi connectivity index (χ1v) is 13.0. The van der Waals surface area contributed by atoms with E-state index in [9.17, 15) is 14.4 Å². The lowest BCUT2D eigenvalue weighted by Crippen LogP contribution is -2.34. The third-order valence-corrected chi connectivity index (χ3v) is 6.49. The minimum absolute atomic E-state index is 0.270. The van der Waals surface area contributed by atoms with Crippen molar-refractivity contribution in [2.24, 2.45) is 0 Å². The summed E-state index contributed by atoms with van der Waals surface area (Å²) in [7, 11) is 0. The molecule has 2 N–H and O–H groups in total. The number of carbonyl (C=O) groups is 2. The minimum atomic E-state index is -0.655. The van der Waals surface area contributed by atoms with Gasteiger partial charge in [0.1, 0.15) is 17.7 Å². The van der Waals surface area contributed by atoms with Crippen LogP contribution in [0.25, 0.3) is 22.2 Å². The van der Waals surface area contributed by atoms with Gasteiger partial charge in [-0.25, -0.2) is 15.0 Å². The largest absolute Gasteiger partial charge is 0.352 e. The summed E-state index contributed by atoms with van der Waals surface area (Å²) in [6.45, 7) is 7.31. The number of benzene rings is 2. The minimum Gasteiger partial charge on any atom is -0.352 e. The highest BCUT2D eigenvalue weighted by Gasteiger charge is 2.23. The molecule has 0 aliphatic heterocycles. The van der Waals surface area contributed by atoms with Crippen molar-refractivity contribution in [2.45, 2.75) is 26.3 Å². The van der Waals surface area contributed by atoms with Gasteiger partial charge in [-0.1, -0.05) is 42.7 Å². The fraction of sp³-hybridized carbons (Fsp3) is 0.161. The Bertz CT molecular complexity index is 1910. The number of para-hydroxylation sites is 1. The Kier molecular flexibility index (Phi) is 7.69. The molecule has 0 bridgehead atoms. The van der Waals surface area contributed by atoms with E-state index >= 15 is 0 Å². The van der Waals surface area contributed by atoms with Crippen LogP contribution in [0.1, 0.15) is 46.8 Å². The molecule has 0 aliphatic rings. The third-order valence-electron chi connectivity index (χ3n) is 6.49. The number of aromatic nitrogens is 5. The van der Waals surface area contributed by atoms with Crippen LogP contribution in [0.5, 0.6) is 0 Å². The summed E-state index contributed by atoms with van der Waals surface area (Å²) in [6.07, 6.45) is 6.53. The molecule has 0 saturated heterocycles. The molecule has 3 aromatic heterocycles. The van der Waals surface area contributed by atoms with Gasteiger partial charge in [0.25, 0.3) is 11.5 Å². The zero-order chi connectivity index (χ0) is 28.9. The average molecular weight is 546 g/mol. The Morgan fingerprint density at radius 1 is 1.12 bits per heavy atom. The van der Waals surface area contributed by atoms with Crippen LogP contribution in [0, 0.1) is 18.8 Å². The summed E-state index contributed by atoms with van der Waals surface area (Å²) in [5.41, 5.74) is 2.64. The Labute approximate surface area is 235 Å². The van der Waals surface area contributed by atoms with E-state index in [2.05, 4.69) is 39.0 Å². The summed E-state index contributed by atoms with van der Waals surface area (Å²) in [5.74, 6) is 5.78. The van der Waals surface area contributed by atoms with Crippen LogP contribution in [0.3, 0.4) is 0 Å². The highest BCUT2D eigenvalue weighted by Crippen LogP contribution is 2.21. The predicted octanol–water partition coefficient (Wildman–Crippen LogP) is 3.27. The molecule has 10 heteroatoms. The van der Waals surface area contributed by atoms with Crippen molar-refractivity contribution in [3.8, 4) is 17.5 Å². The van der Waals surface area contributed by atoms with Gasteiger partial charge in [-0.05, 0) is 44.2 Å². The smallest absolute Gasteiger partial charge is 0.267 e. The molecule has 3 heterocycles. The van der Waals surface area contributed by atoms with E-state index < -0.39 is 6.04 Å². The van der Waals surface area contributed by atoms with Crippen LogP contribution >= 0.6 is 0 Å². The molecule has 2 aromatic carbocycles. The number of fused-ring (bicyclic) bond motifs is 2. The number of aryl methyl sites for hydroxylation is 1. The first-order valence-electron chi connectivity index (χ1n) is 13.0. The van der Waals surface area contributed by atoms with Gasteiger partial charge >= 0.3 is 0 Å². The van der Waals surface area contributed by atoms with Crippen LogP contribution in [0.15, 0.2) is 84.7 Å². The number of amides is 2. The first-order chi connectivity index (χ1) is 19.9. The van der Waals surface area contributed by atoms with Crippen LogP contribution in [-0.4, -0.2) is 42.3 Å². The van der Waals surface area contributed by atoms with Crippen molar-refractivity contribution in [1.29, 1.82) is 0 Å². The van der Waals surface area contributed by atoms with Gasteiger partial charge in [0.2, 0.25) is 5.91 Å². The summed E-state index contributed by atoms with van der Waals surface area (Å²) in [6, 6.07) is 13.8. The van der Waals surface area contributed by atoms with Crippen LogP contribution in [-0.2, 0) is 4.79 Å². The summed E-state index contributed by atoms with van der Waals surface area (Å²) < 4.78 is 3.18. The molecule has 0 unspecified atom stereocenters. The maximum atomic E-state index is 14.1. The lowest BCUT2D eigenvalue weighted by molar-refractivity contribution is -0.116. The van der Waals surface area contributed by atoms with Gasteiger partial charge < -0.3 is 10.6 Å². The first kappa shape index (κ1) is 27.0. The lowest BCUT2D eigenvalue weighted by atomic mass is 10.1. The molecule has 41 heavy (non-hydrogen) atoms. The number of rotatable bonds is 7. The number of carbonyl (C=O) groups excluding carboxylic acids is 2. The van der Waals surface area contributed by atoms with Gasteiger partial charge in [-0.2, -0.15) is 0 Å². The van der Waals surface area contributed by atoms with Crippen molar-refractivity contribution in [1.82, 2.24) is 34.6 Å². The SMILES string of the molecule is C=CC(=O)NCCC#Cc1cccc2nc([C@@H](C)NC(=O)c3c(C)ncn4ccnc34)n(-c3ccccc3)c(=O)c12. The average Bonchev–Trinajstić information content (AvgIpc) is 3.45. The van der Waals surface area contributed by atoms with Crippen LogP contribution in [0.2, 0.25) is 0 Å². The van der Waals surface area contributed by atoms with E-state index in [0.29, 0.717) is 57.8 Å². The molecule has 5 aromatic rings. The number of hydrogen-bond acceptors (Lipinski definition) is 6. The number of hydrogen-bond donors (Lipinski definition) is 2. The lowest BCUT2D eigenvalue weighted by Gasteiger charge is -2.20. The maximum absolute atomic E-state index is 14.1. The Hall–Kier alpha value is -5.56. The van der Waals surface area contributed by atoms with Crippen LogP contribution in [0.4, 0.5) is 0 Å². The molecule has 204 valence electrons. The van der Waals surface area contributed by atoms with Crippen molar-refractivity contribution in [3.63, 3.8) is 0 Å². The summed E-state index contributed by atoms with van der Waals surface area (Å²) >= 11 is 0. The van der Waals surface area contributed by atoms with E-state index in [1.807, 2.05) is 30.3 Å². The van der Waals surface area contributed by atoms with Crippen LogP contribution < -0.4 is 16.2 Å². The predicted molar refractivity (Wildman–Crippen MR) is 156 cm³/mol. The number of nitrogens with zero attached hydrogens (tertiary/aromatic N) is 5. The fourth-order valence-corrected chi connectivity index (χ4v) is 4.52. The molecule has 0 aliphatic carbocycles. The second-order valence-corrected chi connectivity index (χ2v) is 9.25. The van der Waals surface area contributed by atoms with Crippen molar-refractivity contribution in [2.75, 3.05) is 6.54 Å². The Morgan fingerprint density at radius 2 is 1.93 bits per heavy atom. The number of nitrogens with one attached hydrogen (secondary N) is 2. The van der Waals surface area contributed by atoms with E-state index in [1.54, 1.807) is 55.2 Å². The second-order valence-electron chi connectivity index (χ2n) is 9.25. The molecular formula is C31H27N7O3. The molecule has 0 radical (unpaired) electrons. The van der Waals surface area contributed by atoms with E-state index in [4.69, 9.17) is 4.98 Å². The van der Waals surface area contributed by atoms with Crippen molar-refractivity contribution < 1.29 is 9.59 Å². The molecule has 0 saturated carbocycles. The van der Waals surface area contributed by atoms with Crippen molar-refractivity contribution in [3.05, 3.63) is 113 Å². The van der Waals surface area contributed by atoms with Crippen molar-refractivity contribution >= 4 is 28.4 Å². The van der Waals surface area contributed by atoms with E-state index in [1.165, 1.54) is 10.6 Å². The Balaban J connectivity index is 1.56.